The zero-order valence-electron chi connectivity index (χ0n) is 9.93. The van der Waals surface area contributed by atoms with Crippen LogP contribution < -0.4 is 10.6 Å². The topological polar surface area (TPSA) is 95.5 Å². The van der Waals surface area contributed by atoms with E-state index >= 15 is 0 Å². The second-order valence-electron chi connectivity index (χ2n) is 4.32. The van der Waals surface area contributed by atoms with E-state index in [1.165, 1.54) is 0 Å². The maximum atomic E-state index is 11.4. The Balaban J connectivity index is 2.32. The molecule has 3 N–H and O–H groups in total. The molecule has 3 atom stereocenters. The van der Waals surface area contributed by atoms with Crippen LogP contribution in [0.1, 0.15) is 19.8 Å². The zero-order valence-corrected chi connectivity index (χ0v) is 10.8. The van der Waals surface area contributed by atoms with Crippen molar-refractivity contribution in [2.45, 2.75) is 31.1 Å². The van der Waals surface area contributed by atoms with E-state index in [1.54, 1.807) is 13.2 Å². The second kappa shape index (κ2) is 6.00. The Morgan fingerprint density at radius 3 is 2.47 bits per heavy atom. The maximum absolute atomic E-state index is 11.4. The van der Waals surface area contributed by atoms with Crippen LogP contribution in [0.2, 0.25) is 0 Å². The molecule has 1 saturated carbocycles. The first kappa shape index (κ1) is 14.0. The lowest BCUT2D eigenvalue weighted by molar-refractivity contribution is -0.139. The highest BCUT2D eigenvalue weighted by Gasteiger charge is 2.37. The molecule has 0 aliphatic heterocycles. The zero-order chi connectivity index (χ0) is 13.0. The van der Waals surface area contributed by atoms with E-state index in [-0.39, 0.29) is 17.7 Å². The van der Waals surface area contributed by atoms with E-state index in [1.807, 2.05) is 0 Å². The van der Waals surface area contributed by atoms with Crippen LogP contribution in [-0.4, -0.2) is 45.4 Å². The minimum atomic E-state index is -1.00. The minimum absolute atomic E-state index is 0.0518. The Bertz CT molecular complexity index is 330. The number of carboxylic acid groups (broad SMARTS) is 1. The van der Waals surface area contributed by atoms with Crippen LogP contribution in [0.25, 0.3) is 0 Å². The lowest BCUT2D eigenvalue weighted by Gasteiger charge is -2.15. The molecule has 2 amide bonds. The fourth-order valence-electron chi connectivity index (χ4n) is 1.36. The number of nitrogens with one attached hydrogen (secondary N) is 2. The smallest absolute Gasteiger partial charge is 0.326 e. The maximum Gasteiger partial charge on any atom is 0.326 e. The molecule has 0 aromatic heterocycles. The van der Waals surface area contributed by atoms with Gasteiger partial charge in [-0.1, -0.05) is 0 Å². The van der Waals surface area contributed by atoms with Crippen LogP contribution in [0.3, 0.4) is 0 Å². The number of carbonyl (C=O) groups excluding carboxylic acids is 1. The molecule has 0 radical (unpaired) electrons. The van der Waals surface area contributed by atoms with Gasteiger partial charge in [-0.15, -0.1) is 0 Å². The third kappa shape index (κ3) is 4.72. The molecule has 98 valence electrons. The number of hydrogen-bond donors (Lipinski definition) is 3. The van der Waals surface area contributed by atoms with Crippen molar-refractivity contribution in [3.63, 3.8) is 0 Å². The monoisotopic (exact) mass is 262 g/mol. The Morgan fingerprint density at radius 1 is 1.47 bits per heavy atom. The molecule has 7 heteroatoms. The van der Waals surface area contributed by atoms with Crippen molar-refractivity contribution in [1.82, 2.24) is 10.6 Å². The van der Waals surface area contributed by atoms with Gasteiger partial charge in [-0.2, -0.15) is 0 Å². The van der Waals surface area contributed by atoms with Gasteiger partial charge in [0.15, 0.2) is 0 Å². The number of rotatable bonds is 6. The van der Waals surface area contributed by atoms with Gasteiger partial charge in [0.1, 0.15) is 6.04 Å². The Morgan fingerprint density at radius 2 is 2.06 bits per heavy atom. The Kier molecular flexibility index (Phi) is 4.92. The molecule has 6 nitrogen and oxygen atoms in total. The summed E-state index contributed by atoms with van der Waals surface area (Å²) in [5.41, 5.74) is 0. The summed E-state index contributed by atoms with van der Waals surface area (Å²) < 4.78 is 11.1. The highest BCUT2D eigenvalue weighted by atomic mass is 32.2. The highest BCUT2D eigenvalue weighted by molar-refractivity contribution is 7.84. The predicted octanol–water partition coefficient (Wildman–Crippen LogP) is -0.0842. The predicted molar refractivity (Wildman–Crippen MR) is 64.2 cm³/mol. The van der Waals surface area contributed by atoms with Gasteiger partial charge in [-0.25, -0.2) is 9.59 Å². The third-order valence-corrected chi connectivity index (χ3v) is 4.06. The van der Waals surface area contributed by atoms with Crippen LogP contribution in [0.4, 0.5) is 4.79 Å². The van der Waals surface area contributed by atoms with Crippen molar-refractivity contribution < 1.29 is 18.9 Å². The molecule has 1 rings (SSSR count). The van der Waals surface area contributed by atoms with Gasteiger partial charge in [-0.3, -0.25) is 4.21 Å². The molecule has 0 bridgehead atoms. The lowest BCUT2D eigenvalue weighted by Crippen LogP contribution is -2.48. The van der Waals surface area contributed by atoms with E-state index in [2.05, 4.69) is 10.6 Å². The molecule has 1 fully saturated rings. The average molecular weight is 262 g/mol. The quantitative estimate of drug-likeness (QED) is 0.623. The first-order chi connectivity index (χ1) is 7.91. The Hall–Kier alpha value is -1.11. The normalized spacial score (nSPS) is 20.1. The summed E-state index contributed by atoms with van der Waals surface area (Å²) in [6.07, 6.45) is 3.24. The molecular formula is C10H18N2O4S. The molecular weight excluding hydrogens is 244 g/mol. The lowest BCUT2D eigenvalue weighted by atomic mass is 10.2. The van der Waals surface area contributed by atoms with Crippen LogP contribution in [0.5, 0.6) is 0 Å². The average Bonchev–Trinajstić information content (AvgIpc) is 3.05. The summed E-state index contributed by atoms with van der Waals surface area (Å²) >= 11 is 0. The Labute approximate surface area is 103 Å². The van der Waals surface area contributed by atoms with Crippen molar-refractivity contribution >= 4 is 22.8 Å². The summed E-state index contributed by atoms with van der Waals surface area (Å²) in [5, 5.41) is 13.7. The van der Waals surface area contributed by atoms with Crippen molar-refractivity contribution in [2.75, 3.05) is 12.8 Å². The fraction of sp³-hybridized carbons (Fsp3) is 0.800. The SMILES string of the molecule is CC(CNC(=O)NC(C(=O)O)C1CC1)S(C)=O. The standard InChI is InChI=1S/C10H18N2O4S/c1-6(17(2)16)5-11-10(15)12-8(9(13)14)7-3-4-7/h6-8H,3-5H2,1-2H3,(H,13,14)(H2,11,12,15). The van der Waals surface area contributed by atoms with Crippen molar-refractivity contribution in [1.29, 1.82) is 0 Å². The van der Waals surface area contributed by atoms with Gasteiger partial charge in [0.05, 0.1) is 0 Å². The first-order valence-electron chi connectivity index (χ1n) is 5.51. The molecule has 1 aliphatic rings. The van der Waals surface area contributed by atoms with Gasteiger partial charge in [-0.05, 0) is 25.7 Å². The first-order valence-corrected chi connectivity index (χ1v) is 7.13. The largest absolute Gasteiger partial charge is 0.480 e. The number of carboxylic acids is 1. The number of aliphatic carboxylic acids is 1. The van der Waals surface area contributed by atoms with Gasteiger partial charge in [0.2, 0.25) is 0 Å². The van der Waals surface area contributed by atoms with Gasteiger partial charge in [0.25, 0.3) is 0 Å². The van der Waals surface area contributed by atoms with E-state index in [9.17, 15) is 13.8 Å². The molecule has 0 heterocycles. The van der Waals surface area contributed by atoms with Gasteiger partial charge in [0, 0.05) is 28.9 Å². The molecule has 0 saturated heterocycles. The summed E-state index contributed by atoms with van der Waals surface area (Å²) in [7, 11) is -1.00. The van der Waals surface area contributed by atoms with Crippen molar-refractivity contribution in [2.24, 2.45) is 5.92 Å². The number of urea groups is 1. The van der Waals surface area contributed by atoms with Crippen LogP contribution in [0, 0.1) is 5.92 Å². The summed E-state index contributed by atoms with van der Waals surface area (Å²) in [5.74, 6) is -0.953. The van der Waals surface area contributed by atoms with E-state index in [0.29, 0.717) is 0 Å². The van der Waals surface area contributed by atoms with Gasteiger partial charge < -0.3 is 15.7 Å². The molecule has 3 unspecified atom stereocenters. The number of hydrogen-bond acceptors (Lipinski definition) is 3. The fourth-order valence-corrected chi connectivity index (χ4v) is 1.67. The summed E-state index contributed by atoms with van der Waals surface area (Å²) in [4.78, 5) is 22.3. The molecule has 0 spiro atoms. The summed E-state index contributed by atoms with van der Waals surface area (Å²) in [6.45, 7) is 2.03. The molecule has 0 aromatic rings. The summed E-state index contributed by atoms with van der Waals surface area (Å²) in [6, 6.07) is -1.32. The van der Waals surface area contributed by atoms with E-state index in [4.69, 9.17) is 5.11 Å². The highest BCUT2D eigenvalue weighted by Crippen LogP contribution is 2.32. The van der Waals surface area contributed by atoms with Crippen LogP contribution >= 0.6 is 0 Å². The number of carbonyl (C=O) groups is 2. The molecule has 1 aliphatic carbocycles. The molecule has 0 aromatic carbocycles. The van der Waals surface area contributed by atoms with E-state index in [0.717, 1.165) is 12.8 Å². The minimum Gasteiger partial charge on any atom is -0.480 e. The third-order valence-electron chi connectivity index (χ3n) is 2.76. The van der Waals surface area contributed by atoms with Crippen LogP contribution in [-0.2, 0) is 15.6 Å². The van der Waals surface area contributed by atoms with Crippen molar-refractivity contribution in [3.8, 4) is 0 Å². The number of amides is 2. The van der Waals surface area contributed by atoms with E-state index < -0.39 is 28.8 Å². The van der Waals surface area contributed by atoms with Crippen molar-refractivity contribution in [3.05, 3.63) is 0 Å². The second-order valence-corrected chi connectivity index (χ2v) is 6.12. The van der Waals surface area contributed by atoms with Gasteiger partial charge >= 0.3 is 12.0 Å². The van der Waals surface area contributed by atoms with Crippen LogP contribution in [0.15, 0.2) is 0 Å². The molecule has 17 heavy (non-hydrogen) atoms.